The average molecular weight is 321 g/mol. The summed E-state index contributed by atoms with van der Waals surface area (Å²) in [5.41, 5.74) is 1.80. The van der Waals surface area contributed by atoms with Crippen LogP contribution in [0.25, 0.3) is 0 Å². The van der Waals surface area contributed by atoms with Gasteiger partial charge in [-0.25, -0.2) is 4.99 Å². The van der Waals surface area contributed by atoms with E-state index in [4.69, 9.17) is 9.47 Å². The van der Waals surface area contributed by atoms with E-state index >= 15 is 0 Å². The zero-order valence-electron chi connectivity index (χ0n) is 13.1. The number of thioether (sulfide) groups is 1. The van der Waals surface area contributed by atoms with Crippen molar-refractivity contribution in [3.63, 3.8) is 0 Å². The first-order valence-electron chi connectivity index (χ1n) is 7.04. The molecule has 1 aliphatic heterocycles. The number of para-hydroxylation sites is 1. The second-order valence-corrected chi connectivity index (χ2v) is 6.14. The van der Waals surface area contributed by atoms with Crippen molar-refractivity contribution >= 4 is 34.4 Å². The Labute approximate surface area is 134 Å². The SMILES string of the molecule is CCc1ccccc1N=C(SC)C1C(=O)OC(C)(C)OC1=O. The number of esters is 2. The molecular weight excluding hydrogens is 302 g/mol. The summed E-state index contributed by atoms with van der Waals surface area (Å²) in [4.78, 5) is 28.8. The van der Waals surface area contributed by atoms with Crippen LogP contribution in [-0.4, -0.2) is 29.0 Å². The summed E-state index contributed by atoms with van der Waals surface area (Å²) in [6.45, 7) is 5.08. The third-order valence-electron chi connectivity index (χ3n) is 3.22. The van der Waals surface area contributed by atoms with Crippen LogP contribution in [0.2, 0.25) is 0 Å². The van der Waals surface area contributed by atoms with Gasteiger partial charge in [0.15, 0.2) is 0 Å². The standard InChI is InChI=1S/C16H19NO4S/c1-5-10-8-6-7-9-11(10)17-13(22-4)12-14(18)20-16(2,3)21-15(12)19/h6-9,12H,5H2,1-4H3. The van der Waals surface area contributed by atoms with E-state index in [0.717, 1.165) is 17.7 Å². The number of carbonyl (C=O) groups excluding carboxylic acids is 2. The summed E-state index contributed by atoms with van der Waals surface area (Å²) in [6.07, 6.45) is 2.58. The fourth-order valence-electron chi connectivity index (χ4n) is 2.19. The van der Waals surface area contributed by atoms with Gasteiger partial charge in [-0.1, -0.05) is 25.1 Å². The van der Waals surface area contributed by atoms with Crippen molar-refractivity contribution in [2.45, 2.75) is 33.0 Å². The highest BCUT2D eigenvalue weighted by Gasteiger charge is 2.45. The lowest BCUT2D eigenvalue weighted by atomic mass is 10.1. The van der Waals surface area contributed by atoms with E-state index in [0.29, 0.717) is 5.04 Å². The van der Waals surface area contributed by atoms with Crippen LogP contribution in [0, 0.1) is 5.92 Å². The van der Waals surface area contributed by atoms with E-state index in [9.17, 15) is 9.59 Å². The Morgan fingerprint density at radius 1 is 1.23 bits per heavy atom. The van der Waals surface area contributed by atoms with Crippen LogP contribution < -0.4 is 0 Å². The van der Waals surface area contributed by atoms with Gasteiger partial charge in [0.25, 0.3) is 5.79 Å². The molecule has 0 spiro atoms. The Morgan fingerprint density at radius 2 is 1.82 bits per heavy atom. The van der Waals surface area contributed by atoms with E-state index in [1.54, 1.807) is 6.26 Å². The minimum absolute atomic E-state index is 0.381. The number of benzene rings is 1. The molecule has 0 amide bonds. The molecule has 6 heteroatoms. The number of hydrogen-bond acceptors (Lipinski definition) is 6. The summed E-state index contributed by atoms with van der Waals surface area (Å²) in [7, 11) is 0. The Balaban J connectivity index is 2.37. The lowest BCUT2D eigenvalue weighted by Gasteiger charge is -2.32. The smallest absolute Gasteiger partial charge is 0.330 e. The van der Waals surface area contributed by atoms with E-state index in [1.807, 2.05) is 31.2 Å². The number of nitrogens with zero attached hydrogens (tertiary/aromatic N) is 1. The molecule has 0 bridgehead atoms. The number of hydrogen-bond donors (Lipinski definition) is 0. The van der Waals surface area contributed by atoms with Crippen LogP contribution in [0.15, 0.2) is 29.3 Å². The first-order valence-corrected chi connectivity index (χ1v) is 8.26. The fourth-order valence-corrected chi connectivity index (χ4v) is 2.80. The minimum Gasteiger partial charge on any atom is -0.422 e. The van der Waals surface area contributed by atoms with Gasteiger partial charge >= 0.3 is 11.9 Å². The topological polar surface area (TPSA) is 65.0 Å². The summed E-state index contributed by atoms with van der Waals surface area (Å²) < 4.78 is 10.3. The molecule has 2 rings (SSSR count). The van der Waals surface area contributed by atoms with Gasteiger partial charge in [0, 0.05) is 13.8 Å². The molecule has 1 aliphatic rings. The van der Waals surface area contributed by atoms with Gasteiger partial charge in [-0.3, -0.25) is 9.59 Å². The summed E-state index contributed by atoms with van der Waals surface area (Å²) >= 11 is 1.25. The molecular formula is C16H19NO4S. The predicted molar refractivity (Wildman–Crippen MR) is 86.2 cm³/mol. The Bertz CT molecular complexity index is 604. The van der Waals surface area contributed by atoms with Crippen molar-refractivity contribution in [2.24, 2.45) is 10.9 Å². The number of carbonyl (C=O) groups is 2. The number of aryl methyl sites for hydroxylation is 1. The summed E-state index contributed by atoms with van der Waals surface area (Å²) in [5.74, 6) is -3.59. The molecule has 22 heavy (non-hydrogen) atoms. The molecule has 118 valence electrons. The van der Waals surface area contributed by atoms with E-state index in [-0.39, 0.29) is 0 Å². The van der Waals surface area contributed by atoms with Crippen LogP contribution in [0.3, 0.4) is 0 Å². The van der Waals surface area contributed by atoms with Crippen molar-refractivity contribution in [1.29, 1.82) is 0 Å². The zero-order valence-corrected chi connectivity index (χ0v) is 13.9. The molecule has 5 nitrogen and oxygen atoms in total. The van der Waals surface area contributed by atoms with E-state index < -0.39 is 23.6 Å². The molecule has 0 unspecified atom stereocenters. The largest absolute Gasteiger partial charge is 0.422 e. The van der Waals surface area contributed by atoms with Gasteiger partial charge in [0.05, 0.1) is 10.7 Å². The molecule has 0 radical (unpaired) electrons. The van der Waals surface area contributed by atoms with Gasteiger partial charge in [-0.15, -0.1) is 11.8 Å². The molecule has 0 aliphatic carbocycles. The highest BCUT2D eigenvalue weighted by atomic mass is 32.2. The quantitative estimate of drug-likeness (QED) is 0.370. The van der Waals surface area contributed by atoms with Crippen LogP contribution >= 0.6 is 11.8 Å². The molecule has 1 heterocycles. The molecule has 1 aromatic rings. The van der Waals surface area contributed by atoms with E-state index in [2.05, 4.69) is 4.99 Å². The first kappa shape index (κ1) is 16.5. The van der Waals surface area contributed by atoms with Crippen LogP contribution in [-0.2, 0) is 25.5 Å². The van der Waals surface area contributed by atoms with Gasteiger partial charge < -0.3 is 9.47 Å². The molecule has 1 aromatic carbocycles. The lowest BCUT2D eigenvalue weighted by Crippen LogP contribution is -2.48. The molecule has 0 saturated carbocycles. The molecule has 0 N–H and O–H groups in total. The van der Waals surface area contributed by atoms with E-state index in [1.165, 1.54) is 25.6 Å². The van der Waals surface area contributed by atoms with Gasteiger partial charge in [0.1, 0.15) is 0 Å². The van der Waals surface area contributed by atoms with Crippen molar-refractivity contribution in [3.8, 4) is 0 Å². The fraction of sp³-hybridized carbons (Fsp3) is 0.438. The summed E-state index contributed by atoms with van der Waals surface area (Å²) in [5, 5.41) is 0.381. The third kappa shape index (κ3) is 3.50. The monoisotopic (exact) mass is 321 g/mol. The van der Waals surface area contributed by atoms with Crippen LogP contribution in [0.5, 0.6) is 0 Å². The highest BCUT2D eigenvalue weighted by Crippen LogP contribution is 2.29. The maximum atomic E-state index is 12.1. The van der Waals surface area contributed by atoms with Crippen molar-refractivity contribution in [1.82, 2.24) is 0 Å². The maximum Gasteiger partial charge on any atom is 0.330 e. The molecule has 1 saturated heterocycles. The van der Waals surface area contributed by atoms with Crippen LogP contribution in [0.1, 0.15) is 26.3 Å². The number of ether oxygens (including phenoxy) is 2. The minimum atomic E-state index is -1.23. The second kappa shape index (κ2) is 6.52. The average Bonchev–Trinajstić information content (AvgIpc) is 2.44. The Kier molecular flexibility index (Phi) is 4.90. The van der Waals surface area contributed by atoms with Crippen LogP contribution in [0.4, 0.5) is 5.69 Å². The molecule has 1 fully saturated rings. The third-order valence-corrected chi connectivity index (χ3v) is 3.97. The molecule has 0 aromatic heterocycles. The highest BCUT2D eigenvalue weighted by molar-refractivity contribution is 8.13. The summed E-state index contributed by atoms with van der Waals surface area (Å²) in [6, 6.07) is 7.63. The van der Waals surface area contributed by atoms with Crippen molar-refractivity contribution in [3.05, 3.63) is 29.8 Å². The van der Waals surface area contributed by atoms with Crippen molar-refractivity contribution in [2.75, 3.05) is 6.26 Å². The lowest BCUT2D eigenvalue weighted by molar-refractivity contribution is -0.235. The van der Waals surface area contributed by atoms with Gasteiger partial charge in [-0.05, 0) is 24.3 Å². The van der Waals surface area contributed by atoms with Gasteiger partial charge in [0.2, 0.25) is 5.92 Å². The number of aliphatic imine (C=N–C) groups is 1. The Hall–Kier alpha value is -1.82. The molecule has 0 atom stereocenters. The second-order valence-electron chi connectivity index (χ2n) is 5.31. The number of cyclic esters (lactones) is 2. The zero-order chi connectivity index (χ0) is 16.3. The first-order chi connectivity index (χ1) is 10.4. The number of rotatable bonds is 3. The predicted octanol–water partition coefficient (Wildman–Crippen LogP) is 3.09. The normalized spacial score (nSPS) is 18.8. The maximum absolute atomic E-state index is 12.1. The van der Waals surface area contributed by atoms with Crippen molar-refractivity contribution < 1.29 is 19.1 Å². The Morgan fingerprint density at radius 3 is 2.36 bits per heavy atom. The van der Waals surface area contributed by atoms with Gasteiger partial charge in [-0.2, -0.15) is 0 Å².